The number of hydrogen-bond acceptors (Lipinski definition) is 6. The number of ether oxygens (including phenoxy) is 1. The maximum atomic E-state index is 6.05. The summed E-state index contributed by atoms with van der Waals surface area (Å²) in [6.07, 6.45) is 7.03. The van der Waals surface area contributed by atoms with Gasteiger partial charge in [0.1, 0.15) is 6.10 Å². The third-order valence-corrected chi connectivity index (χ3v) is 5.34. The molecule has 5 N–H and O–H groups in total. The lowest BCUT2D eigenvalue weighted by Crippen LogP contribution is -2.39. The van der Waals surface area contributed by atoms with E-state index >= 15 is 0 Å². The van der Waals surface area contributed by atoms with Crippen LogP contribution < -0.4 is 21.1 Å². The number of aliphatic imine (C=N–C) groups is 1. The quantitative estimate of drug-likeness (QED) is 0.428. The highest BCUT2D eigenvalue weighted by atomic mass is 79.9. The summed E-state index contributed by atoms with van der Waals surface area (Å²) in [5, 5.41) is 8.11. The second kappa shape index (κ2) is 8.67. The summed E-state index contributed by atoms with van der Waals surface area (Å²) in [5.41, 5.74) is 10.6. The van der Waals surface area contributed by atoms with Crippen LogP contribution in [0.3, 0.4) is 0 Å². The van der Waals surface area contributed by atoms with Crippen molar-refractivity contribution in [2.75, 3.05) is 25.5 Å². The molecule has 8 heteroatoms. The predicted octanol–water partition coefficient (Wildman–Crippen LogP) is 3.29. The van der Waals surface area contributed by atoms with Crippen LogP contribution in [0.4, 0.5) is 5.69 Å². The zero-order valence-corrected chi connectivity index (χ0v) is 17.7. The number of anilines is 1. The Bertz CT molecular complexity index is 1070. The Kier molecular flexibility index (Phi) is 5.82. The minimum atomic E-state index is 0.00178. The lowest BCUT2D eigenvalue weighted by atomic mass is 10.1. The molecule has 29 heavy (non-hydrogen) atoms. The molecule has 0 radical (unpaired) electrons. The van der Waals surface area contributed by atoms with E-state index in [4.69, 9.17) is 10.5 Å². The first-order valence-corrected chi connectivity index (χ1v) is 10.2. The van der Waals surface area contributed by atoms with Crippen molar-refractivity contribution in [2.45, 2.75) is 12.6 Å². The van der Waals surface area contributed by atoms with E-state index < -0.39 is 0 Å². The highest BCUT2D eigenvalue weighted by Gasteiger charge is 2.21. The summed E-state index contributed by atoms with van der Waals surface area (Å²) in [6.45, 7) is 2.19. The average Bonchev–Trinajstić information content (AvgIpc) is 3.13. The molecule has 3 aromatic rings. The van der Waals surface area contributed by atoms with Crippen LogP contribution >= 0.6 is 15.9 Å². The smallest absolute Gasteiger partial charge is 0.237 e. The fourth-order valence-corrected chi connectivity index (χ4v) is 3.75. The van der Waals surface area contributed by atoms with E-state index in [0.717, 1.165) is 39.9 Å². The molecule has 1 atom stereocenters. The molecule has 1 aliphatic rings. The Hall–Kier alpha value is -2.84. The second-order valence-electron chi connectivity index (χ2n) is 6.84. The van der Waals surface area contributed by atoms with Gasteiger partial charge in [0.15, 0.2) is 0 Å². The molecule has 1 aromatic carbocycles. The highest BCUT2D eigenvalue weighted by Crippen LogP contribution is 2.29. The highest BCUT2D eigenvalue weighted by molar-refractivity contribution is 9.10. The lowest BCUT2D eigenvalue weighted by molar-refractivity contribution is 0.193. The number of H-pyrrole nitrogens is 1. The van der Waals surface area contributed by atoms with Gasteiger partial charge in [-0.1, -0.05) is 22.0 Å². The summed E-state index contributed by atoms with van der Waals surface area (Å²) in [4.78, 5) is 11.8. The predicted molar refractivity (Wildman–Crippen MR) is 121 cm³/mol. The standard InChI is InChI=1S/C21H23BrN6O/c1-24-7-14(6-23)13-4-20-21(28-9-13)29-17(12-27-20)11-25-8-15-10-26-19-5-16(22)2-3-18(15)19/h2-7,9-10,17,25-27H,8,11-12,23H2,1H3/b14-6+,24-7?. The number of rotatable bonds is 6. The van der Waals surface area contributed by atoms with Gasteiger partial charge in [-0.05, 0) is 23.8 Å². The zero-order valence-electron chi connectivity index (χ0n) is 16.1. The first-order chi connectivity index (χ1) is 14.2. The Labute approximate surface area is 177 Å². The van der Waals surface area contributed by atoms with Crippen LogP contribution in [0.25, 0.3) is 16.5 Å². The third kappa shape index (κ3) is 4.28. The fraction of sp³-hybridized carbons (Fsp3) is 0.238. The van der Waals surface area contributed by atoms with Crippen molar-refractivity contribution in [3.8, 4) is 5.88 Å². The van der Waals surface area contributed by atoms with E-state index in [9.17, 15) is 0 Å². The van der Waals surface area contributed by atoms with E-state index in [1.54, 1.807) is 19.5 Å². The van der Waals surface area contributed by atoms with Crippen LogP contribution in [0.2, 0.25) is 0 Å². The molecule has 0 spiro atoms. The first kappa shape index (κ1) is 19.5. The van der Waals surface area contributed by atoms with Gasteiger partial charge in [0, 0.05) is 71.5 Å². The Balaban J connectivity index is 1.36. The van der Waals surface area contributed by atoms with Crippen molar-refractivity contribution < 1.29 is 4.74 Å². The van der Waals surface area contributed by atoms with Gasteiger partial charge in [-0.2, -0.15) is 0 Å². The van der Waals surface area contributed by atoms with Crippen LogP contribution in [0.5, 0.6) is 5.88 Å². The topological polar surface area (TPSA) is 100 Å². The molecule has 1 unspecified atom stereocenters. The van der Waals surface area contributed by atoms with Crippen LogP contribution in [0.15, 0.2) is 52.3 Å². The Morgan fingerprint density at radius 3 is 3.17 bits per heavy atom. The van der Waals surface area contributed by atoms with E-state index in [-0.39, 0.29) is 6.10 Å². The van der Waals surface area contributed by atoms with Gasteiger partial charge in [0.25, 0.3) is 0 Å². The molecule has 3 heterocycles. The van der Waals surface area contributed by atoms with Gasteiger partial charge in [0.05, 0.1) is 12.2 Å². The van der Waals surface area contributed by atoms with Crippen LogP contribution in [-0.2, 0) is 6.54 Å². The minimum absolute atomic E-state index is 0.00178. The number of aromatic amines is 1. The molecule has 0 bridgehead atoms. The molecule has 7 nitrogen and oxygen atoms in total. The number of halogens is 1. The van der Waals surface area contributed by atoms with E-state index in [1.807, 2.05) is 12.3 Å². The van der Waals surface area contributed by atoms with Gasteiger partial charge in [-0.25, -0.2) is 4.98 Å². The third-order valence-electron chi connectivity index (χ3n) is 4.85. The number of fused-ring (bicyclic) bond motifs is 2. The normalized spacial score (nSPS) is 16.6. The molecule has 2 aromatic heterocycles. The van der Waals surface area contributed by atoms with Crippen molar-refractivity contribution in [3.05, 3.63) is 58.5 Å². The monoisotopic (exact) mass is 454 g/mol. The number of nitrogens with zero attached hydrogens (tertiary/aromatic N) is 2. The summed E-state index contributed by atoms with van der Waals surface area (Å²) >= 11 is 3.50. The summed E-state index contributed by atoms with van der Waals surface area (Å²) in [7, 11) is 1.71. The van der Waals surface area contributed by atoms with Gasteiger partial charge >= 0.3 is 0 Å². The minimum Gasteiger partial charge on any atom is -0.470 e. The summed E-state index contributed by atoms with van der Waals surface area (Å²) in [6, 6.07) is 8.25. The fourth-order valence-electron chi connectivity index (χ4n) is 3.39. The van der Waals surface area contributed by atoms with Crippen LogP contribution in [-0.4, -0.2) is 42.4 Å². The lowest BCUT2D eigenvalue weighted by Gasteiger charge is -2.27. The molecule has 0 saturated carbocycles. The maximum Gasteiger partial charge on any atom is 0.237 e. The molecule has 0 amide bonds. The number of nitrogens with one attached hydrogen (secondary N) is 3. The van der Waals surface area contributed by atoms with Crippen molar-refractivity contribution in [1.29, 1.82) is 0 Å². The average molecular weight is 455 g/mol. The number of allylic oxidation sites excluding steroid dienone is 1. The number of nitrogens with two attached hydrogens (primary N) is 1. The van der Waals surface area contributed by atoms with Gasteiger partial charge < -0.3 is 26.1 Å². The number of hydrogen-bond donors (Lipinski definition) is 4. The SMILES string of the molecule is CN=C/C(=C\N)c1cnc2c(c1)NCC(CNCc1c[nH]c3cc(Br)ccc13)O2. The van der Waals surface area contributed by atoms with E-state index in [2.05, 4.69) is 59.7 Å². The maximum absolute atomic E-state index is 6.05. The zero-order chi connectivity index (χ0) is 20.2. The summed E-state index contributed by atoms with van der Waals surface area (Å²) in [5.74, 6) is 0.605. The van der Waals surface area contributed by atoms with Crippen molar-refractivity contribution in [3.63, 3.8) is 0 Å². The second-order valence-corrected chi connectivity index (χ2v) is 7.76. The molecular weight excluding hydrogens is 432 g/mol. The van der Waals surface area contributed by atoms with Crippen LogP contribution in [0.1, 0.15) is 11.1 Å². The molecule has 0 saturated heterocycles. The molecule has 1 aliphatic heterocycles. The number of pyridine rings is 1. The molecule has 0 fully saturated rings. The Morgan fingerprint density at radius 2 is 2.34 bits per heavy atom. The van der Waals surface area contributed by atoms with Crippen molar-refractivity contribution in [1.82, 2.24) is 15.3 Å². The number of benzene rings is 1. The summed E-state index contributed by atoms with van der Waals surface area (Å²) < 4.78 is 7.12. The van der Waals surface area contributed by atoms with E-state index in [0.29, 0.717) is 12.4 Å². The van der Waals surface area contributed by atoms with Crippen molar-refractivity contribution >= 4 is 44.3 Å². The first-order valence-electron chi connectivity index (χ1n) is 9.39. The molecular formula is C21H23BrN6O. The van der Waals surface area contributed by atoms with E-state index in [1.165, 1.54) is 17.1 Å². The van der Waals surface area contributed by atoms with Crippen molar-refractivity contribution in [2.24, 2.45) is 10.7 Å². The molecule has 4 rings (SSSR count). The van der Waals surface area contributed by atoms with Gasteiger partial charge in [-0.3, -0.25) is 4.99 Å². The van der Waals surface area contributed by atoms with Gasteiger partial charge in [-0.15, -0.1) is 0 Å². The van der Waals surface area contributed by atoms with Crippen LogP contribution in [0, 0.1) is 0 Å². The molecule has 0 aliphatic carbocycles. The largest absolute Gasteiger partial charge is 0.470 e. The number of aromatic nitrogens is 2. The molecule has 150 valence electrons. The van der Waals surface area contributed by atoms with Gasteiger partial charge in [0.2, 0.25) is 5.88 Å². The Morgan fingerprint density at radius 1 is 1.45 bits per heavy atom.